The van der Waals surface area contributed by atoms with Gasteiger partial charge < -0.3 is 4.90 Å². The SMILES string of the molecule is O=C1CCC(N2Cc3cc(C(=O)Cl)ccc3C2=O)C(=O)N1. The van der Waals surface area contributed by atoms with Crippen LogP contribution in [0.15, 0.2) is 18.2 Å². The number of fused-ring (bicyclic) bond motifs is 1. The summed E-state index contributed by atoms with van der Waals surface area (Å²) >= 11 is 5.43. The zero-order chi connectivity index (χ0) is 15.1. The van der Waals surface area contributed by atoms with Gasteiger partial charge in [0.1, 0.15) is 6.04 Å². The zero-order valence-corrected chi connectivity index (χ0v) is 11.6. The third-order valence-corrected chi connectivity index (χ3v) is 3.97. The third-order valence-electron chi connectivity index (χ3n) is 3.75. The number of carbonyl (C=O) groups excluding carboxylic acids is 4. The van der Waals surface area contributed by atoms with Gasteiger partial charge in [-0.15, -0.1) is 0 Å². The highest BCUT2D eigenvalue weighted by molar-refractivity contribution is 6.67. The monoisotopic (exact) mass is 306 g/mol. The summed E-state index contributed by atoms with van der Waals surface area (Å²) in [5, 5.41) is 1.64. The van der Waals surface area contributed by atoms with Crippen molar-refractivity contribution in [2.45, 2.75) is 25.4 Å². The number of imide groups is 1. The van der Waals surface area contributed by atoms with Gasteiger partial charge >= 0.3 is 0 Å². The molecule has 0 radical (unpaired) electrons. The average molecular weight is 307 g/mol. The Morgan fingerprint density at radius 2 is 2.05 bits per heavy atom. The van der Waals surface area contributed by atoms with E-state index in [-0.39, 0.29) is 24.8 Å². The Morgan fingerprint density at radius 3 is 2.71 bits per heavy atom. The molecule has 2 aliphatic rings. The van der Waals surface area contributed by atoms with E-state index in [1.165, 1.54) is 11.0 Å². The second-order valence-corrected chi connectivity index (χ2v) is 5.39. The van der Waals surface area contributed by atoms with Crippen molar-refractivity contribution in [1.82, 2.24) is 10.2 Å². The van der Waals surface area contributed by atoms with Gasteiger partial charge in [0.25, 0.3) is 11.1 Å². The van der Waals surface area contributed by atoms with E-state index in [2.05, 4.69) is 5.32 Å². The normalized spacial score (nSPS) is 21.3. The lowest BCUT2D eigenvalue weighted by Crippen LogP contribution is -2.52. The second-order valence-electron chi connectivity index (χ2n) is 5.05. The quantitative estimate of drug-likeness (QED) is 0.648. The summed E-state index contributed by atoms with van der Waals surface area (Å²) in [6, 6.07) is 3.94. The second kappa shape index (κ2) is 4.96. The van der Waals surface area contributed by atoms with Crippen LogP contribution in [0.5, 0.6) is 0 Å². The first kappa shape index (κ1) is 13.8. The van der Waals surface area contributed by atoms with Gasteiger partial charge in [-0.2, -0.15) is 0 Å². The lowest BCUT2D eigenvalue weighted by atomic mass is 10.0. The van der Waals surface area contributed by atoms with Crippen LogP contribution in [0, 0.1) is 0 Å². The first-order chi connectivity index (χ1) is 9.97. The number of halogens is 1. The maximum absolute atomic E-state index is 12.3. The summed E-state index contributed by atoms with van der Waals surface area (Å²) in [4.78, 5) is 48.0. The van der Waals surface area contributed by atoms with Crippen LogP contribution >= 0.6 is 11.6 Å². The van der Waals surface area contributed by atoms with Crippen LogP contribution < -0.4 is 5.32 Å². The van der Waals surface area contributed by atoms with Crippen LogP contribution in [0.25, 0.3) is 0 Å². The smallest absolute Gasteiger partial charge is 0.255 e. The van der Waals surface area contributed by atoms with Gasteiger partial charge in [0.15, 0.2) is 0 Å². The van der Waals surface area contributed by atoms with Gasteiger partial charge in [0, 0.05) is 24.1 Å². The summed E-state index contributed by atoms with van der Waals surface area (Å²) in [6.45, 7) is 0.235. The number of carbonyl (C=O) groups is 4. The number of hydrogen-bond donors (Lipinski definition) is 1. The van der Waals surface area contributed by atoms with E-state index in [4.69, 9.17) is 11.6 Å². The highest BCUT2D eigenvalue weighted by atomic mass is 35.5. The molecule has 0 bridgehead atoms. The van der Waals surface area contributed by atoms with Crippen LogP contribution in [-0.2, 0) is 16.1 Å². The van der Waals surface area contributed by atoms with Gasteiger partial charge in [-0.1, -0.05) is 0 Å². The minimum atomic E-state index is -0.655. The summed E-state index contributed by atoms with van der Waals surface area (Å²) in [7, 11) is 0. The van der Waals surface area contributed by atoms with Crippen molar-refractivity contribution in [2.24, 2.45) is 0 Å². The van der Waals surface area contributed by atoms with Crippen molar-refractivity contribution in [3.63, 3.8) is 0 Å². The average Bonchev–Trinajstić information content (AvgIpc) is 2.75. The Labute approximate surface area is 125 Å². The Balaban J connectivity index is 1.88. The summed E-state index contributed by atoms with van der Waals surface area (Å²) in [5.74, 6) is -1.05. The number of rotatable bonds is 2. The molecule has 1 atom stereocenters. The van der Waals surface area contributed by atoms with Crippen molar-refractivity contribution in [1.29, 1.82) is 0 Å². The van der Waals surface area contributed by atoms with Crippen LogP contribution in [0.3, 0.4) is 0 Å². The van der Waals surface area contributed by atoms with Gasteiger partial charge in [-0.3, -0.25) is 24.5 Å². The molecule has 108 valence electrons. The first-order valence-electron chi connectivity index (χ1n) is 6.45. The summed E-state index contributed by atoms with van der Waals surface area (Å²) in [6.07, 6.45) is 0.521. The van der Waals surface area contributed by atoms with Crippen molar-refractivity contribution < 1.29 is 19.2 Å². The van der Waals surface area contributed by atoms with Crippen molar-refractivity contribution in [3.05, 3.63) is 34.9 Å². The Bertz CT molecular complexity index is 686. The van der Waals surface area contributed by atoms with E-state index < -0.39 is 17.2 Å². The number of nitrogens with zero attached hydrogens (tertiary/aromatic N) is 1. The minimum absolute atomic E-state index is 0.210. The number of amides is 3. The number of benzene rings is 1. The van der Waals surface area contributed by atoms with E-state index in [9.17, 15) is 19.2 Å². The molecule has 2 aliphatic heterocycles. The zero-order valence-electron chi connectivity index (χ0n) is 10.9. The molecule has 6 nitrogen and oxygen atoms in total. The fraction of sp³-hybridized carbons (Fsp3) is 0.286. The van der Waals surface area contributed by atoms with E-state index >= 15 is 0 Å². The van der Waals surface area contributed by atoms with E-state index in [0.29, 0.717) is 23.1 Å². The largest absolute Gasteiger partial charge is 0.322 e. The molecule has 0 aromatic heterocycles. The first-order valence-corrected chi connectivity index (χ1v) is 6.82. The Kier molecular flexibility index (Phi) is 3.25. The van der Waals surface area contributed by atoms with E-state index in [1.807, 2.05) is 0 Å². The molecule has 0 spiro atoms. The van der Waals surface area contributed by atoms with Crippen LogP contribution in [0.4, 0.5) is 0 Å². The molecule has 0 aliphatic carbocycles. The number of piperidine rings is 1. The fourth-order valence-corrected chi connectivity index (χ4v) is 2.81. The molecule has 1 fully saturated rings. The molecule has 2 heterocycles. The van der Waals surface area contributed by atoms with Crippen molar-refractivity contribution >= 4 is 34.6 Å². The van der Waals surface area contributed by atoms with Gasteiger partial charge in [0.2, 0.25) is 11.8 Å². The Morgan fingerprint density at radius 1 is 1.29 bits per heavy atom. The summed E-state index contributed by atoms with van der Waals surface area (Å²) < 4.78 is 0. The van der Waals surface area contributed by atoms with Crippen LogP contribution in [0.1, 0.15) is 39.1 Å². The molecule has 1 aromatic carbocycles. The third kappa shape index (κ3) is 2.31. The van der Waals surface area contributed by atoms with Crippen molar-refractivity contribution in [2.75, 3.05) is 0 Å². The molecule has 1 saturated heterocycles. The molecule has 3 amide bonds. The lowest BCUT2D eigenvalue weighted by Gasteiger charge is -2.29. The van der Waals surface area contributed by atoms with Crippen molar-refractivity contribution in [3.8, 4) is 0 Å². The molecule has 1 unspecified atom stereocenters. The molecule has 21 heavy (non-hydrogen) atoms. The highest BCUT2D eigenvalue weighted by Gasteiger charge is 2.39. The van der Waals surface area contributed by atoms with Gasteiger partial charge in [0.05, 0.1) is 0 Å². The molecule has 1 N–H and O–H groups in total. The van der Waals surface area contributed by atoms with Crippen LogP contribution in [-0.4, -0.2) is 33.9 Å². The maximum Gasteiger partial charge on any atom is 0.255 e. The lowest BCUT2D eigenvalue weighted by molar-refractivity contribution is -0.136. The molecule has 7 heteroatoms. The molecule has 3 rings (SSSR count). The molecular weight excluding hydrogens is 296 g/mol. The predicted octanol–water partition coefficient (Wildman–Crippen LogP) is 0.827. The maximum atomic E-state index is 12.3. The molecule has 1 aromatic rings. The van der Waals surface area contributed by atoms with Gasteiger partial charge in [-0.25, -0.2) is 0 Å². The predicted molar refractivity (Wildman–Crippen MR) is 72.7 cm³/mol. The van der Waals surface area contributed by atoms with E-state index in [1.54, 1.807) is 12.1 Å². The highest BCUT2D eigenvalue weighted by Crippen LogP contribution is 2.28. The standard InChI is InChI=1S/C14H11ClN2O4/c15-12(19)7-1-2-9-8(5-7)6-17(14(9)21)10-3-4-11(18)16-13(10)20/h1-2,5,10H,3-4,6H2,(H,16,18,20). The van der Waals surface area contributed by atoms with E-state index in [0.717, 1.165) is 0 Å². The molecular formula is C14H11ClN2O4. The van der Waals surface area contributed by atoms with Gasteiger partial charge in [-0.05, 0) is 41.8 Å². The topological polar surface area (TPSA) is 83.6 Å². The number of hydrogen-bond acceptors (Lipinski definition) is 4. The molecule has 0 saturated carbocycles. The number of nitrogens with one attached hydrogen (secondary N) is 1. The Hall–Kier alpha value is -2.21. The van der Waals surface area contributed by atoms with Crippen LogP contribution in [0.2, 0.25) is 0 Å². The summed E-state index contributed by atoms with van der Waals surface area (Å²) in [5.41, 5.74) is 1.44. The fourth-order valence-electron chi connectivity index (χ4n) is 2.70. The minimum Gasteiger partial charge on any atom is -0.322 e.